The molecular weight excluding hydrogens is 432 g/mol. The maximum Gasteiger partial charge on any atom is 0.426 e. The third-order valence-electron chi connectivity index (χ3n) is 2.16. The maximum atomic E-state index is 12.6. The standard InChI is InChI=1S/C10H8F3IO6S/c11-10(12,13)8(4-21(17,18)19)20-9(16)5-1-2-6(14)7(15)3-5/h1-3,8,15H,4H2,(H,17,18,19). The molecule has 1 aromatic carbocycles. The topological polar surface area (TPSA) is 101 Å². The van der Waals surface area contributed by atoms with Crippen LogP contribution in [0.2, 0.25) is 0 Å². The first-order valence-electron chi connectivity index (χ1n) is 5.11. The number of hydrogen-bond acceptors (Lipinski definition) is 5. The molecule has 118 valence electrons. The Bertz CT molecular complexity index is 643. The monoisotopic (exact) mass is 440 g/mol. The first-order chi connectivity index (χ1) is 9.40. The average Bonchev–Trinajstić information content (AvgIpc) is 2.28. The van der Waals surface area contributed by atoms with E-state index in [1.807, 2.05) is 0 Å². The number of alkyl halides is 3. The quantitative estimate of drug-likeness (QED) is 0.422. The summed E-state index contributed by atoms with van der Waals surface area (Å²) in [6.45, 7) is 0. The van der Waals surface area contributed by atoms with Crippen molar-refractivity contribution in [3.63, 3.8) is 0 Å². The van der Waals surface area contributed by atoms with Crippen LogP contribution in [0.3, 0.4) is 0 Å². The zero-order chi connectivity index (χ0) is 16.4. The van der Waals surface area contributed by atoms with Crippen LogP contribution in [0.4, 0.5) is 13.2 Å². The summed E-state index contributed by atoms with van der Waals surface area (Å²) >= 11 is 1.73. The summed E-state index contributed by atoms with van der Waals surface area (Å²) in [7, 11) is -5.00. The summed E-state index contributed by atoms with van der Waals surface area (Å²) in [6, 6.07) is 3.24. The van der Waals surface area contributed by atoms with Gasteiger partial charge in [0, 0.05) is 0 Å². The van der Waals surface area contributed by atoms with Gasteiger partial charge in [-0.2, -0.15) is 21.6 Å². The molecule has 1 aromatic rings. The van der Waals surface area contributed by atoms with Crippen molar-refractivity contribution in [2.45, 2.75) is 12.3 Å². The zero-order valence-corrected chi connectivity index (χ0v) is 12.9. The number of halogens is 4. The summed E-state index contributed by atoms with van der Waals surface area (Å²) in [5, 5.41) is 9.36. The lowest BCUT2D eigenvalue weighted by Crippen LogP contribution is -2.39. The minimum atomic E-state index is -5.17. The van der Waals surface area contributed by atoms with Crippen LogP contribution in [0.5, 0.6) is 5.75 Å². The van der Waals surface area contributed by atoms with Crippen molar-refractivity contribution in [2.24, 2.45) is 0 Å². The molecular formula is C10H8F3IO6S. The second kappa shape index (κ2) is 6.36. The average molecular weight is 440 g/mol. The van der Waals surface area contributed by atoms with Gasteiger partial charge < -0.3 is 9.84 Å². The Hall–Kier alpha value is -1.08. The van der Waals surface area contributed by atoms with Crippen molar-refractivity contribution in [3.05, 3.63) is 27.3 Å². The fraction of sp³-hybridized carbons (Fsp3) is 0.300. The molecule has 21 heavy (non-hydrogen) atoms. The van der Waals surface area contributed by atoms with Gasteiger partial charge in [-0.1, -0.05) is 0 Å². The predicted octanol–water partition coefficient (Wildman–Crippen LogP) is 1.97. The lowest BCUT2D eigenvalue weighted by molar-refractivity contribution is -0.197. The van der Waals surface area contributed by atoms with E-state index in [0.29, 0.717) is 3.57 Å². The van der Waals surface area contributed by atoms with Crippen molar-refractivity contribution >= 4 is 38.7 Å². The van der Waals surface area contributed by atoms with E-state index in [0.717, 1.165) is 12.1 Å². The molecule has 1 atom stereocenters. The van der Waals surface area contributed by atoms with E-state index in [1.165, 1.54) is 6.07 Å². The molecule has 0 radical (unpaired) electrons. The summed E-state index contributed by atoms with van der Waals surface area (Å²) in [4.78, 5) is 11.5. The highest BCUT2D eigenvalue weighted by Crippen LogP contribution is 2.26. The molecule has 0 aliphatic rings. The van der Waals surface area contributed by atoms with Crippen LogP contribution in [0.25, 0.3) is 0 Å². The fourth-order valence-corrected chi connectivity index (χ4v) is 2.20. The van der Waals surface area contributed by atoms with Gasteiger partial charge in [-0.05, 0) is 40.8 Å². The van der Waals surface area contributed by atoms with E-state index >= 15 is 0 Å². The minimum absolute atomic E-state index is 0.344. The SMILES string of the molecule is O=C(OC(CS(=O)(=O)O)C(F)(F)F)c1ccc(I)c(O)c1. The Labute approximate surface area is 130 Å². The van der Waals surface area contributed by atoms with Crippen molar-refractivity contribution in [1.29, 1.82) is 0 Å². The van der Waals surface area contributed by atoms with E-state index in [4.69, 9.17) is 4.55 Å². The number of benzene rings is 1. The molecule has 0 aliphatic heterocycles. The molecule has 0 bridgehead atoms. The molecule has 0 amide bonds. The maximum absolute atomic E-state index is 12.6. The number of hydrogen-bond donors (Lipinski definition) is 2. The summed E-state index contributed by atoms with van der Waals surface area (Å²) < 4.78 is 71.6. The predicted molar refractivity (Wildman–Crippen MR) is 72.5 cm³/mol. The van der Waals surface area contributed by atoms with Crippen LogP contribution >= 0.6 is 22.6 Å². The number of phenolic OH excluding ortho intramolecular Hbond substituents is 1. The molecule has 2 N–H and O–H groups in total. The second-order valence-electron chi connectivity index (χ2n) is 3.85. The summed E-state index contributed by atoms with van der Waals surface area (Å²) in [5.74, 6) is -3.63. The number of esters is 1. The highest BCUT2D eigenvalue weighted by Gasteiger charge is 2.45. The normalized spacial score (nSPS) is 13.8. The van der Waals surface area contributed by atoms with E-state index in [9.17, 15) is 31.5 Å². The van der Waals surface area contributed by atoms with Crippen molar-refractivity contribution in [3.8, 4) is 5.75 Å². The Morgan fingerprint density at radius 1 is 1.38 bits per heavy atom. The number of rotatable bonds is 4. The molecule has 0 saturated heterocycles. The van der Waals surface area contributed by atoms with Gasteiger partial charge in [0.25, 0.3) is 10.1 Å². The van der Waals surface area contributed by atoms with Crippen LogP contribution in [-0.4, -0.2) is 42.1 Å². The van der Waals surface area contributed by atoms with E-state index in [-0.39, 0.29) is 5.75 Å². The molecule has 6 nitrogen and oxygen atoms in total. The van der Waals surface area contributed by atoms with E-state index in [2.05, 4.69) is 4.74 Å². The van der Waals surface area contributed by atoms with Crippen molar-refractivity contribution in [1.82, 2.24) is 0 Å². The van der Waals surface area contributed by atoms with Crippen LogP contribution in [0.1, 0.15) is 10.4 Å². The highest BCUT2D eigenvalue weighted by molar-refractivity contribution is 14.1. The molecule has 0 fully saturated rings. The Kier molecular flexibility index (Phi) is 5.44. The van der Waals surface area contributed by atoms with Gasteiger partial charge in [-0.15, -0.1) is 0 Å². The first kappa shape index (κ1) is 18.0. The van der Waals surface area contributed by atoms with E-state index < -0.39 is 39.7 Å². The summed E-state index contributed by atoms with van der Waals surface area (Å²) in [6.07, 6.45) is -8.18. The van der Waals surface area contributed by atoms with Crippen LogP contribution in [-0.2, 0) is 14.9 Å². The lowest BCUT2D eigenvalue weighted by atomic mass is 10.2. The zero-order valence-electron chi connectivity index (χ0n) is 9.96. The Balaban J connectivity index is 2.98. The first-order valence-corrected chi connectivity index (χ1v) is 7.80. The van der Waals surface area contributed by atoms with Crippen LogP contribution in [0.15, 0.2) is 18.2 Å². The van der Waals surface area contributed by atoms with Gasteiger partial charge in [0.15, 0.2) is 0 Å². The molecule has 0 aliphatic carbocycles. The third-order valence-corrected chi connectivity index (χ3v) is 3.79. The third kappa shape index (κ3) is 5.67. The number of phenols is 1. The molecule has 1 unspecified atom stereocenters. The molecule has 0 aromatic heterocycles. The van der Waals surface area contributed by atoms with Gasteiger partial charge in [-0.3, -0.25) is 4.55 Å². The largest absolute Gasteiger partial charge is 0.507 e. The van der Waals surface area contributed by atoms with Crippen LogP contribution in [0, 0.1) is 3.57 Å². The van der Waals surface area contributed by atoms with Gasteiger partial charge in [0.1, 0.15) is 11.5 Å². The number of carbonyl (C=O) groups is 1. The Morgan fingerprint density at radius 3 is 2.38 bits per heavy atom. The highest BCUT2D eigenvalue weighted by atomic mass is 127. The van der Waals surface area contributed by atoms with Crippen molar-refractivity contribution < 1.29 is 40.8 Å². The molecule has 1 rings (SSSR count). The van der Waals surface area contributed by atoms with Crippen molar-refractivity contribution in [2.75, 3.05) is 5.75 Å². The fourth-order valence-electron chi connectivity index (χ4n) is 1.22. The van der Waals surface area contributed by atoms with E-state index in [1.54, 1.807) is 22.6 Å². The molecule has 11 heteroatoms. The number of aromatic hydroxyl groups is 1. The summed E-state index contributed by atoms with van der Waals surface area (Å²) in [5.41, 5.74) is -0.391. The minimum Gasteiger partial charge on any atom is -0.507 e. The van der Waals surface area contributed by atoms with Gasteiger partial charge in [0.2, 0.25) is 6.10 Å². The molecule has 0 heterocycles. The van der Waals surface area contributed by atoms with Crippen LogP contribution < -0.4 is 0 Å². The smallest absolute Gasteiger partial charge is 0.426 e. The lowest BCUT2D eigenvalue weighted by Gasteiger charge is -2.19. The number of carbonyl (C=O) groups excluding carboxylic acids is 1. The van der Waals surface area contributed by atoms with Gasteiger partial charge in [-0.25, -0.2) is 4.79 Å². The van der Waals surface area contributed by atoms with Gasteiger partial charge in [0.05, 0.1) is 9.13 Å². The molecule has 0 saturated carbocycles. The Morgan fingerprint density at radius 2 is 1.95 bits per heavy atom. The molecule has 0 spiro atoms. The van der Waals surface area contributed by atoms with Gasteiger partial charge >= 0.3 is 12.1 Å². The second-order valence-corrected chi connectivity index (χ2v) is 6.51. The number of ether oxygens (including phenoxy) is 1.